The summed E-state index contributed by atoms with van der Waals surface area (Å²) < 4.78 is 170. The van der Waals surface area contributed by atoms with E-state index in [4.69, 9.17) is 81.2 Å². The van der Waals surface area contributed by atoms with E-state index in [1.807, 2.05) is 0 Å². The van der Waals surface area contributed by atoms with E-state index in [-0.39, 0.29) is 71.9 Å². The molecule has 540 valence electrons. The first-order chi connectivity index (χ1) is 44.9. The van der Waals surface area contributed by atoms with Crippen molar-refractivity contribution in [2.24, 2.45) is 0 Å². The molecule has 0 spiro atoms. The second-order valence-electron chi connectivity index (χ2n) is 21.0. The van der Waals surface area contributed by atoms with Gasteiger partial charge in [0.2, 0.25) is 34.8 Å². The average Bonchev–Trinajstić information content (AvgIpc) is 1.12. The summed E-state index contributed by atoms with van der Waals surface area (Å²) in [6.45, 7) is 6.56. The van der Waals surface area contributed by atoms with E-state index >= 15 is 0 Å². The lowest BCUT2D eigenvalue weighted by atomic mass is 9.97. The van der Waals surface area contributed by atoms with Crippen LogP contribution in [-0.4, -0.2) is 317 Å². The Morgan fingerprint density at radius 3 is 1.15 bits per heavy atom. The molecule has 0 unspecified atom stereocenters. The summed E-state index contributed by atoms with van der Waals surface area (Å²) in [5.74, 6) is -14.4. The highest BCUT2D eigenvalue weighted by atomic mass is 31.2. The molecule has 34 nitrogen and oxygen atoms in total. The lowest BCUT2D eigenvalue weighted by Gasteiger charge is -2.40. The van der Waals surface area contributed by atoms with Gasteiger partial charge in [-0.25, -0.2) is 22.5 Å². The molecule has 41 heteroatoms. The molecule has 4 heterocycles. The van der Waals surface area contributed by atoms with Crippen LogP contribution in [0.15, 0.2) is 12.4 Å². The predicted molar refractivity (Wildman–Crippen MR) is 306 cm³/mol. The lowest BCUT2D eigenvalue weighted by Crippen LogP contribution is -2.58. The summed E-state index contributed by atoms with van der Waals surface area (Å²) in [5.41, 5.74) is 1.09. The molecule has 10 atom stereocenters. The van der Waals surface area contributed by atoms with Crippen LogP contribution in [0.2, 0.25) is 0 Å². The summed E-state index contributed by atoms with van der Waals surface area (Å²) in [4.78, 5) is 50.7. The molecule has 2 saturated heterocycles. The van der Waals surface area contributed by atoms with Gasteiger partial charge in [0.05, 0.1) is 188 Å². The van der Waals surface area contributed by atoms with E-state index < -0.39 is 136 Å². The maximum atomic E-state index is 13.8. The van der Waals surface area contributed by atoms with Crippen LogP contribution < -0.4 is 4.74 Å². The predicted octanol–water partition coefficient (Wildman–Crippen LogP) is -2.42. The van der Waals surface area contributed by atoms with Gasteiger partial charge in [-0.15, -0.1) is 10.2 Å². The van der Waals surface area contributed by atoms with Gasteiger partial charge in [0.25, 0.3) is 0 Å². The van der Waals surface area contributed by atoms with Crippen molar-refractivity contribution in [1.82, 2.24) is 34.9 Å². The van der Waals surface area contributed by atoms with Gasteiger partial charge in [-0.05, 0) is 12.8 Å². The van der Waals surface area contributed by atoms with Crippen LogP contribution in [-0.2, 0) is 101 Å². The fourth-order valence-electron chi connectivity index (χ4n) is 8.71. The number of benzene rings is 1. The van der Waals surface area contributed by atoms with Gasteiger partial charge in [0.15, 0.2) is 12.6 Å². The number of esters is 1. The third-order valence-electron chi connectivity index (χ3n) is 13.9. The topological polar surface area (TPSA) is 447 Å². The zero-order chi connectivity index (χ0) is 68.5. The van der Waals surface area contributed by atoms with Crippen molar-refractivity contribution in [3.8, 4) is 5.75 Å². The number of hydrogen-bond acceptors (Lipinski definition) is 28. The van der Waals surface area contributed by atoms with E-state index in [2.05, 4.69) is 30.3 Å². The van der Waals surface area contributed by atoms with Crippen LogP contribution in [0.5, 0.6) is 5.75 Å². The Morgan fingerprint density at radius 2 is 0.787 bits per heavy atom. The summed E-state index contributed by atoms with van der Waals surface area (Å²) >= 11 is 0. The second-order valence-corrected chi connectivity index (χ2v) is 24.6. The molecular formula is C53H86F5N7O27P2. The largest absolute Gasteiger partial charge is 0.420 e. The summed E-state index contributed by atoms with van der Waals surface area (Å²) in [6.07, 6.45) is -13.1. The first-order valence-electron chi connectivity index (χ1n) is 30.1. The zero-order valence-electron chi connectivity index (χ0n) is 51.4. The molecule has 2 fully saturated rings. The van der Waals surface area contributed by atoms with Gasteiger partial charge >= 0.3 is 21.2 Å². The molecule has 94 heavy (non-hydrogen) atoms. The average molecular weight is 1410 g/mol. The quantitative estimate of drug-likeness (QED) is 0.00535. The number of carbonyl (C=O) groups is 1. The highest BCUT2D eigenvalue weighted by molar-refractivity contribution is 7.52. The maximum Gasteiger partial charge on any atom is 0.325 e. The third-order valence-corrected chi connectivity index (χ3v) is 15.5. The van der Waals surface area contributed by atoms with Gasteiger partial charge < -0.3 is 117 Å². The molecule has 0 bridgehead atoms. The van der Waals surface area contributed by atoms with Gasteiger partial charge in [-0.1, -0.05) is 10.4 Å². The number of aliphatic hydroxyl groups is 6. The number of aromatic nitrogens is 6. The molecule has 3 aromatic rings. The molecule has 2 aliphatic rings. The number of nitrogens with zero attached hydrogens (tertiary/aromatic N) is 7. The Labute approximate surface area is 536 Å². The minimum atomic E-state index is -4.40. The van der Waals surface area contributed by atoms with Crippen LogP contribution in [0.4, 0.5) is 22.0 Å². The minimum Gasteiger partial charge on any atom is -0.420 e. The van der Waals surface area contributed by atoms with Gasteiger partial charge in [-0.2, -0.15) is 8.78 Å². The molecular weight excluding hydrogens is 1320 g/mol. The van der Waals surface area contributed by atoms with Crippen LogP contribution in [0, 0.1) is 29.1 Å². The lowest BCUT2D eigenvalue weighted by molar-refractivity contribution is -0.296. The van der Waals surface area contributed by atoms with E-state index in [1.54, 1.807) is 21.8 Å². The Morgan fingerprint density at radius 1 is 0.457 bits per heavy atom. The monoisotopic (exact) mass is 1410 g/mol. The normalized spacial score (nSPS) is 22.0. The SMILES string of the molecule is O=C(CCOCCOCCOCCN(CCOCCOCCOCCn1cc(CCO[C@H]2O[C@H](CCP(=O)(O)O)[C@@H](O)[C@H](O)[C@@H]2O)nn1)CCOCCOCCOCCn1cc(CCO[C@H]2O[C@H](CCP(=O)(O)O)[C@@H](O)[C@H](O)[C@@H]2O)nn1)Oc1c(F)c(F)c(F)c(F)c1F. The van der Waals surface area contributed by atoms with Crippen LogP contribution in [0.25, 0.3) is 0 Å². The van der Waals surface area contributed by atoms with Gasteiger partial charge in [0.1, 0.15) is 36.6 Å². The van der Waals surface area contributed by atoms with Crippen molar-refractivity contribution >= 4 is 21.2 Å². The van der Waals surface area contributed by atoms with Crippen molar-refractivity contribution in [1.29, 1.82) is 0 Å². The van der Waals surface area contributed by atoms with E-state index in [1.165, 1.54) is 0 Å². The molecule has 5 rings (SSSR count). The van der Waals surface area contributed by atoms with Crippen molar-refractivity contribution in [2.75, 3.05) is 164 Å². The molecule has 2 aliphatic heterocycles. The van der Waals surface area contributed by atoms with Crippen LogP contribution in [0.3, 0.4) is 0 Å². The molecule has 1 aromatic carbocycles. The first kappa shape index (κ1) is 80.8. The van der Waals surface area contributed by atoms with E-state index in [0.717, 1.165) is 0 Å². The number of halogens is 5. The fraction of sp³-hybridized carbons (Fsp3) is 0.792. The number of carbonyl (C=O) groups excluding carboxylic acids is 1. The maximum absolute atomic E-state index is 13.8. The highest BCUT2D eigenvalue weighted by Gasteiger charge is 2.46. The Hall–Kier alpha value is -3.88. The first-order valence-corrected chi connectivity index (χ1v) is 33.7. The fourth-order valence-corrected chi connectivity index (χ4v) is 9.90. The molecule has 10 N–H and O–H groups in total. The van der Waals surface area contributed by atoms with Gasteiger partial charge in [-0.3, -0.25) is 18.8 Å². The third kappa shape index (κ3) is 30.5. The molecule has 0 radical (unpaired) electrons. The summed E-state index contributed by atoms with van der Waals surface area (Å²) in [7, 11) is -8.79. The summed E-state index contributed by atoms with van der Waals surface area (Å²) in [5, 5.41) is 77.6. The number of ether oxygens (including phenoxy) is 14. The number of hydrogen-bond donors (Lipinski definition) is 10. The van der Waals surface area contributed by atoms with Crippen molar-refractivity contribution in [3.05, 3.63) is 52.9 Å². The van der Waals surface area contributed by atoms with Crippen LogP contribution in [0.1, 0.15) is 30.7 Å². The number of aliphatic hydroxyl groups excluding tert-OH is 6. The smallest absolute Gasteiger partial charge is 0.325 e. The Bertz CT molecular complexity index is 2560. The van der Waals surface area contributed by atoms with Crippen LogP contribution >= 0.6 is 15.2 Å². The van der Waals surface area contributed by atoms with Crippen molar-refractivity contribution < 1.29 is 152 Å². The molecule has 0 amide bonds. The Balaban J connectivity index is 0.896. The van der Waals surface area contributed by atoms with Crippen molar-refractivity contribution in [3.63, 3.8) is 0 Å². The zero-order valence-corrected chi connectivity index (χ0v) is 53.2. The minimum absolute atomic E-state index is 0.00340. The van der Waals surface area contributed by atoms with E-state index in [0.29, 0.717) is 130 Å². The Kier molecular flexibility index (Phi) is 37.4. The number of rotatable bonds is 51. The van der Waals surface area contributed by atoms with E-state index in [9.17, 15) is 66.5 Å². The van der Waals surface area contributed by atoms with Gasteiger partial charge in [0, 0.05) is 44.9 Å². The highest BCUT2D eigenvalue weighted by Crippen LogP contribution is 2.39. The van der Waals surface area contributed by atoms with Crippen molar-refractivity contribution in [2.45, 2.75) is 107 Å². The molecule has 2 aromatic heterocycles. The second kappa shape index (κ2) is 43.5. The molecule has 0 saturated carbocycles. The standard InChI is InChI=1S/C53H86F5N7O27P2/c54-40-41(55)43(57)51(44(58)42(40)56)92-39(66)3-11-79-19-25-85-26-20-80-14-6-63(7-15-81-21-27-86-29-23-83-17-9-64-33-35(59-61-64)1-12-88-52-49(71)47(69)45(67)37(90-52)4-31-93(73,74)75)8-16-82-22-28-87-30-24-84-18-10-65-34-36(60-62-65)2-13-89-53-50(72)48(70)46(68)38(91-53)5-32-94(76,77)78/h33-34,37-38,45-50,52-53,67-72H,1-32H2,(H2,73,74,75)(H2,76,77,78)/t37-,38-,45-,46-,47+,48+,49+,50+,52+,53+/m1/s1. The summed E-state index contributed by atoms with van der Waals surface area (Å²) in [6, 6.07) is 0. The molecule has 0 aliphatic carbocycles.